The minimum absolute atomic E-state index is 0.0504. The summed E-state index contributed by atoms with van der Waals surface area (Å²) in [5.41, 5.74) is 2.75. The van der Waals surface area contributed by atoms with Crippen LogP contribution in [0.25, 0.3) is 27.1 Å². The van der Waals surface area contributed by atoms with E-state index in [-0.39, 0.29) is 23.0 Å². The van der Waals surface area contributed by atoms with Crippen LogP contribution in [0.2, 0.25) is 5.02 Å². The van der Waals surface area contributed by atoms with Gasteiger partial charge in [-0.05, 0) is 54.5 Å². The Hall–Kier alpha value is -3.09. The van der Waals surface area contributed by atoms with Gasteiger partial charge in [-0.2, -0.15) is 0 Å². The Labute approximate surface area is 179 Å². The Balaban J connectivity index is 1.50. The number of hydrogen-bond donors (Lipinski definition) is 0. The van der Waals surface area contributed by atoms with Crippen molar-refractivity contribution in [2.75, 3.05) is 0 Å². The lowest BCUT2D eigenvalue weighted by atomic mass is 10.0. The number of halogens is 2. The van der Waals surface area contributed by atoms with Gasteiger partial charge in [-0.3, -0.25) is 9.59 Å². The predicted molar refractivity (Wildman–Crippen MR) is 115 cm³/mol. The highest BCUT2D eigenvalue weighted by molar-refractivity contribution is 7.21. The number of thiazole rings is 1. The molecular weight excluding hydrogens is 425 g/mol. The first-order chi connectivity index (χ1) is 14.4. The standard InChI is InChI=1S/C23H13ClFNO3S/c1-2-11-7-15-16(10-18(11)24)21(28)17(20(15)27)8-14-9-19-22(29-14)26-23(30-19)12-3-5-13(25)6-4-12/h3-10H,2H2,1H3/b17-8-. The van der Waals surface area contributed by atoms with E-state index in [1.165, 1.54) is 29.5 Å². The van der Waals surface area contributed by atoms with E-state index in [0.29, 0.717) is 39.1 Å². The topological polar surface area (TPSA) is 60.2 Å². The first-order valence-corrected chi connectivity index (χ1v) is 10.4. The third-order valence-electron chi connectivity index (χ3n) is 5.03. The van der Waals surface area contributed by atoms with E-state index in [1.54, 1.807) is 30.3 Å². The molecule has 0 aliphatic heterocycles. The lowest BCUT2D eigenvalue weighted by molar-refractivity contribution is 0.0990. The number of furan rings is 1. The minimum Gasteiger partial charge on any atom is -0.437 e. The molecule has 7 heteroatoms. The van der Waals surface area contributed by atoms with Crippen LogP contribution in [0.1, 0.15) is 39.0 Å². The maximum absolute atomic E-state index is 13.1. The number of aryl methyl sites for hydroxylation is 1. The highest BCUT2D eigenvalue weighted by atomic mass is 35.5. The average Bonchev–Trinajstić information content (AvgIpc) is 3.35. The zero-order valence-electron chi connectivity index (χ0n) is 15.7. The van der Waals surface area contributed by atoms with Crippen molar-refractivity contribution >= 4 is 51.0 Å². The Bertz CT molecular complexity index is 1350. The van der Waals surface area contributed by atoms with E-state index in [1.807, 2.05) is 6.92 Å². The largest absolute Gasteiger partial charge is 0.437 e. The van der Waals surface area contributed by atoms with Gasteiger partial charge in [0.2, 0.25) is 5.71 Å². The summed E-state index contributed by atoms with van der Waals surface area (Å²) in [6.45, 7) is 1.94. The Morgan fingerprint density at radius 1 is 1.10 bits per heavy atom. The van der Waals surface area contributed by atoms with Crippen LogP contribution in [0.4, 0.5) is 4.39 Å². The van der Waals surface area contributed by atoms with Crippen molar-refractivity contribution in [1.29, 1.82) is 0 Å². The molecule has 2 aromatic carbocycles. The molecule has 2 aromatic heterocycles. The van der Waals surface area contributed by atoms with E-state index in [9.17, 15) is 14.0 Å². The van der Waals surface area contributed by atoms with E-state index >= 15 is 0 Å². The van der Waals surface area contributed by atoms with Crippen LogP contribution in [0.5, 0.6) is 0 Å². The van der Waals surface area contributed by atoms with Crippen molar-refractivity contribution in [2.45, 2.75) is 13.3 Å². The number of allylic oxidation sites excluding steroid dienone is 1. The van der Waals surface area contributed by atoms with Gasteiger partial charge in [-0.25, -0.2) is 9.37 Å². The van der Waals surface area contributed by atoms with Crippen molar-refractivity contribution < 1.29 is 18.4 Å². The van der Waals surface area contributed by atoms with Gasteiger partial charge in [0.15, 0.2) is 11.6 Å². The molecule has 0 fully saturated rings. The monoisotopic (exact) mass is 437 g/mol. The van der Waals surface area contributed by atoms with Crippen LogP contribution >= 0.6 is 22.9 Å². The molecule has 0 saturated carbocycles. The van der Waals surface area contributed by atoms with Gasteiger partial charge in [0.1, 0.15) is 16.6 Å². The van der Waals surface area contributed by atoms with Gasteiger partial charge in [0.25, 0.3) is 0 Å². The van der Waals surface area contributed by atoms with Crippen LogP contribution in [-0.2, 0) is 6.42 Å². The van der Waals surface area contributed by atoms with Gasteiger partial charge < -0.3 is 4.42 Å². The molecule has 0 unspecified atom stereocenters. The van der Waals surface area contributed by atoms with Crippen molar-refractivity contribution in [3.63, 3.8) is 0 Å². The summed E-state index contributed by atoms with van der Waals surface area (Å²) in [7, 11) is 0. The summed E-state index contributed by atoms with van der Waals surface area (Å²) < 4.78 is 19.6. The molecule has 30 heavy (non-hydrogen) atoms. The van der Waals surface area contributed by atoms with Gasteiger partial charge in [-0.1, -0.05) is 18.5 Å². The summed E-state index contributed by atoms with van der Waals surface area (Å²) in [5, 5.41) is 1.18. The Morgan fingerprint density at radius 3 is 2.47 bits per heavy atom. The third kappa shape index (κ3) is 3.00. The second-order valence-corrected chi connectivity index (χ2v) is 8.34. The number of rotatable bonds is 3. The van der Waals surface area contributed by atoms with Gasteiger partial charge in [0, 0.05) is 27.8 Å². The van der Waals surface area contributed by atoms with Crippen molar-refractivity contribution in [3.8, 4) is 10.6 Å². The fraction of sp³-hybridized carbons (Fsp3) is 0.0870. The molecule has 0 amide bonds. The zero-order valence-corrected chi connectivity index (χ0v) is 17.2. The molecule has 2 heterocycles. The molecule has 0 spiro atoms. The second-order valence-electron chi connectivity index (χ2n) is 6.90. The first-order valence-electron chi connectivity index (χ1n) is 9.24. The lowest BCUT2D eigenvalue weighted by Gasteiger charge is -2.03. The highest BCUT2D eigenvalue weighted by Crippen LogP contribution is 2.35. The third-order valence-corrected chi connectivity index (χ3v) is 6.42. The van der Waals surface area contributed by atoms with Crippen LogP contribution in [0.15, 0.2) is 52.5 Å². The molecule has 0 N–H and O–H groups in total. The van der Waals surface area contributed by atoms with Gasteiger partial charge in [-0.15, -0.1) is 11.3 Å². The molecule has 148 valence electrons. The maximum Gasteiger partial charge on any atom is 0.238 e. The molecule has 0 atom stereocenters. The Morgan fingerprint density at radius 2 is 1.80 bits per heavy atom. The number of ketones is 2. The van der Waals surface area contributed by atoms with Gasteiger partial charge >= 0.3 is 0 Å². The average molecular weight is 438 g/mol. The molecule has 1 aliphatic carbocycles. The van der Waals surface area contributed by atoms with Gasteiger partial charge in [0.05, 0.1) is 10.3 Å². The summed E-state index contributed by atoms with van der Waals surface area (Å²) in [5.74, 6) is -0.631. The summed E-state index contributed by atoms with van der Waals surface area (Å²) >= 11 is 7.60. The van der Waals surface area contributed by atoms with E-state index in [0.717, 1.165) is 15.8 Å². The summed E-state index contributed by atoms with van der Waals surface area (Å²) in [6, 6.07) is 11.0. The van der Waals surface area contributed by atoms with Crippen LogP contribution in [0, 0.1) is 5.82 Å². The molecule has 0 radical (unpaired) electrons. The smallest absolute Gasteiger partial charge is 0.238 e. The fourth-order valence-corrected chi connectivity index (χ4v) is 4.71. The van der Waals surface area contributed by atoms with E-state index in [2.05, 4.69) is 4.98 Å². The van der Waals surface area contributed by atoms with Crippen LogP contribution in [0.3, 0.4) is 0 Å². The molecular formula is C23H13ClFNO3S. The molecule has 0 saturated heterocycles. The molecule has 4 nitrogen and oxygen atoms in total. The first kappa shape index (κ1) is 18.9. The normalized spacial score (nSPS) is 14.8. The number of fused-ring (bicyclic) bond motifs is 2. The lowest BCUT2D eigenvalue weighted by Crippen LogP contribution is -1.99. The quantitative estimate of drug-likeness (QED) is 0.276. The highest BCUT2D eigenvalue weighted by Gasteiger charge is 2.34. The number of carbonyl (C=O) groups is 2. The van der Waals surface area contributed by atoms with E-state index in [4.69, 9.17) is 16.0 Å². The number of nitrogens with zero attached hydrogens (tertiary/aromatic N) is 1. The minimum atomic E-state index is -0.362. The molecule has 5 rings (SSSR count). The van der Waals surface area contributed by atoms with E-state index < -0.39 is 0 Å². The van der Waals surface area contributed by atoms with Crippen LogP contribution < -0.4 is 0 Å². The molecule has 1 aliphatic rings. The summed E-state index contributed by atoms with van der Waals surface area (Å²) in [6.07, 6.45) is 2.12. The number of carbonyl (C=O) groups excluding carboxylic acids is 2. The predicted octanol–water partition coefficient (Wildman–Crippen LogP) is 6.37. The fourth-order valence-electron chi connectivity index (χ4n) is 3.47. The maximum atomic E-state index is 13.1. The summed E-state index contributed by atoms with van der Waals surface area (Å²) in [4.78, 5) is 30.0. The SMILES string of the molecule is CCc1cc2c(cc1Cl)C(=O)/C(=C\c1cc3sc(-c4ccc(F)cc4)nc3o1)C2=O. The van der Waals surface area contributed by atoms with Crippen LogP contribution in [-0.4, -0.2) is 16.6 Å². The number of benzene rings is 2. The second kappa shape index (κ2) is 7.00. The van der Waals surface area contributed by atoms with Crippen molar-refractivity contribution in [1.82, 2.24) is 4.98 Å². The number of aromatic nitrogens is 1. The molecule has 0 bridgehead atoms. The zero-order chi connectivity index (χ0) is 21.0. The number of Topliss-reactive ketones (excluding diaryl/α,β-unsaturated/α-hetero) is 2. The number of hydrogen-bond acceptors (Lipinski definition) is 5. The van der Waals surface area contributed by atoms with Crippen molar-refractivity contribution in [3.05, 3.63) is 81.3 Å². The van der Waals surface area contributed by atoms with Crippen molar-refractivity contribution in [2.24, 2.45) is 0 Å². The Kier molecular flexibility index (Phi) is 4.41. The molecule has 4 aromatic rings.